The van der Waals surface area contributed by atoms with Crippen molar-refractivity contribution in [3.63, 3.8) is 0 Å². The van der Waals surface area contributed by atoms with Gasteiger partial charge < -0.3 is 5.32 Å². The maximum Gasteiger partial charge on any atom is 0.329 e. The number of nitrogen functional groups attached to an aromatic ring is 1. The number of benzene rings is 1. The minimum absolute atomic E-state index is 0.0249. The van der Waals surface area contributed by atoms with E-state index in [0.717, 1.165) is 6.20 Å². The number of anilines is 3. The molecule has 4 N–H and O–H groups in total. The van der Waals surface area contributed by atoms with E-state index >= 15 is 0 Å². The number of nitro groups is 1. The standard InChI is InChI=1S/C11H11FN6O2/c1-6-4-7(2-3-8(6)12)15-10-9(18(19)20)5-14-11(16-10)17-13/h2-5H,13H2,1H3,(H2,14,15,16,17). The summed E-state index contributed by atoms with van der Waals surface area (Å²) in [6.45, 7) is 1.59. The lowest BCUT2D eigenvalue weighted by Gasteiger charge is -2.08. The largest absolute Gasteiger partial charge is 0.334 e. The number of hydrogen-bond acceptors (Lipinski definition) is 7. The van der Waals surface area contributed by atoms with Crippen LogP contribution in [0.25, 0.3) is 0 Å². The number of aromatic nitrogens is 2. The fraction of sp³-hybridized carbons (Fsp3) is 0.0909. The zero-order valence-corrected chi connectivity index (χ0v) is 10.4. The number of aryl methyl sites for hydroxylation is 1. The predicted molar refractivity (Wildman–Crippen MR) is 70.9 cm³/mol. The van der Waals surface area contributed by atoms with Gasteiger partial charge in [0.25, 0.3) is 0 Å². The second kappa shape index (κ2) is 5.45. The predicted octanol–water partition coefficient (Wildman–Crippen LogP) is 1.86. The molecule has 0 atom stereocenters. The Labute approximate surface area is 113 Å². The van der Waals surface area contributed by atoms with Crippen LogP contribution in [0.15, 0.2) is 24.4 Å². The van der Waals surface area contributed by atoms with Gasteiger partial charge >= 0.3 is 5.69 Å². The monoisotopic (exact) mass is 278 g/mol. The van der Waals surface area contributed by atoms with E-state index in [4.69, 9.17) is 5.84 Å². The molecule has 0 aliphatic rings. The van der Waals surface area contributed by atoms with E-state index in [-0.39, 0.29) is 23.3 Å². The molecule has 0 saturated carbocycles. The molecule has 104 valence electrons. The van der Waals surface area contributed by atoms with Crippen molar-refractivity contribution in [2.75, 3.05) is 10.7 Å². The molecule has 9 heteroatoms. The molecule has 0 fully saturated rings. The van der Waals surface area contributed by atoms with Gasteiger partial charge in [0, 0.05) is 5.69 Å². The Morgan fingerprint density at radius 2 is 2.20 bits per heavy atom. The van der Waals surface area contributed by atoms with E-state index in [1.165, 1.54) is 18.2 Å². The van der Waals surface area contributed by atoms with Crippen molar-refractivity contribution < 1.29 is 9.31 Å². The van der Waals surface area contributed by atoms with E-state index in [2.05, 4.69) is 20.7 Å². The van der Waals surface area contributed by atoms with Crippen LogP contribution in [0, 0.1) is 22.9 Å². The molecule has 8 nitrogen and oxygen atoms in total. The lowest BCUT2D eigenvalue weighted by atomic mass is 10.2. The first-order chi connectivity index (χ1) is 9.51. The van der Waals surface area contributed by atoms with Gasteiger partial charge in [-0.3, -0.25) is 15.5 Å². The molecule has 0 saturated heterocycles. The fourth-order valence-corrected chi connectivity index (χ4v) is 1.53. The fourth-order valence-electron chi connectivity index (χ4n) is 1.53. The highest BCUT2D eigenvalue weighted by molar-refractivity contribution is 5.66. The topological polar surface area (TPSA) is 119 Å². The molecule has 0 amide bonds. The van der Waals surface area contributed by atoms with Crippen LogP contribution in [0.5, 0.6) is 0 Å². The van der Waals surface area contributed by atoms with E-state index in [0.29, 0.717) is 11.3 Å². The van der Waals surface area contributed by atoms with Crippen LogP contribution in [0.2, 0.25) is 0 Å². The highest BCUT2D eigenvalue weighted by atomic mass is 19.1. The van der Waals surface area contributed by atoms with Gasteiger partial charge in [-0.05, 0) is 30.7 Å². The van der Waals surface area contributed by atoms with Crippen LogP contribution < -0.4 is 16.6 Å². The summed E-state index contributed by atoms with van der Waals surface area (Å²) in [7, 11) is 0. The first kappa shape index (κ1) is 13.6. The number of nitrogens with two attached hydrogens (primary N) is 1. The summed E-state index contributed by atoms with van der Waals surface area (Å²) in [5.74, 6) is 4.78. The van der Waals surface area contributed by atoms with Crippen LogP contribution in [0.1, 0.15) is 5.56 Å². The summed E-state index contributed by atoms with van der Waals surface area (Å²) >= 11 is 0. The Morgan fingerprint density at radius 1 is 1.45 bits per heavy atom. The number of hydrazine groups is 1. The van der Waals surface area contributed by atoms with Gasteiger partial charge in [0.2, 0.25) is 11.8 Å². The lowest BCUT2D eigenvalue weighted by Crippen LogP contribution is -2.12. The third kappa shape index (κ3) is 2.78. The average molecular weight is 278 g/mol. The first-order valence-electron chi connectivity index (χ1n) is 5.52. The first-order valence-corrected chi connectivity index (χ1v) is 5.52. The van der Waals surface area contributed by atoms with Crippen molar-refractivity contribution in [3.05, 3.63) is 45.9 Å². The minimum atomic E-state index is -0.626. The zero-order chi connectivity index (χ0) is 14.7. The minimum Gasteiger partial charge on any atom is -0.334 e. The van der Waals surface area contributed by atoms with Crippen LogP contribution >= 0.6 is 0 Å². The number of rotatable bonds is 4. The van der Waals surface area contributed by atoms with Crippen LogP contribution in [0.4, 0.5) is 27.5 Å². The molecule has 0 radical (unpaired) electrons. The third-order valence-electron chi connectivity index (χ3n) is 2.52. The van der Waals surface area contributed by atoms with Gasteiger partial charge in [-0.1, -0.05) is 0 Å². The smallest absolute Gasteiger partial charge is 0.329 e. The Kier molecular flexibility index (Phi) is 3.71. The summed E-state index contributed by atoms with van der Waals surface area (Å²) in [6, 6.07) is 4.22. The summed E-state index contributed by atoms with van der Waals surface area (Å²) < 4.78 is 13.2. The SMILES string of the molecule is Cc1cc(Nc2nc(NN)ncc2[N+](=O)[O-])ccc1F. The average Bonchev–Trinajstić information content (AvgIpc) is 2.42. The maximum absolute atomic E-state index is 13.2. The van der Waals surface area contributed by atoms with Crippen molar-refractivity contribution in [2.45, 2.75) is 6.92 Å². The van der Waals surface area contributed by atoms with Crippen molar-refractivity contribution in [1.29, 1.82) is 0 Å². The number of hydrogen-bond donors (Lipinski definition) is 3. The van der Waals surface area contributed by atoms with Gasteiger partial charge in [-0.25, -0.2) is 15.2 Å². The van der Waals surface area contributed by atoms with Crippen molar-refractivity contribution in [1.82, 2.24) is 9.97 Å². The van der Waals surface area contributed by atoms with Gasteiger partial charge in [-0.15, -0.1) is 0 Å². The quantitative estimate of drug-likeness (QED) is 0.443. The van der Waals surface area contributed by atoms with Crippen molar-refractivity contribution in [2.24, 2.45) is 5.84 Å². The van der Waals surface area contributed by atoms with Crippen molar-refractivity contribution >= 4 is 23.1 Å². The molecule has 0 bridgehead atoms. The molecule has 0 unspecified atom stereocenters. The van der Waals surface area contributed by atoms with Crippen LogP contribution in [-0.2, 0) is 0 Å². The summed E-state index contributed by atoms with van der Waals surface area (Å²) in [6.07, 6.45) is 1.03. The molecule has 1 heterocycles. The third-order valence-corrected chi connectivity index (χ3v) is 2.52. The van der Waals surface area contributed by atoms with E-state index in [1.807, 2.05) is 0 Å². The molecular formula is C11H11FN6O2. The van der Waals surface area contributed by atoms with E-state index in [1.54, 1.807) is 6.92 Å². The van der Waals surface area contributed by atoms with E-state index < -0.39 is 4.92 Å². The molecule has 2 rings (SSSR count). The number of nitrogens with zero attached hydrogens (tertiary/aromatic N) is 3. The molecule has 0 spiro atoms. The van der Waals surface area contributed by atoms with Gasteiger partial charge in [0.05, 0.1) is 4.92 Å². The molecule has 0 aliphatic heterocycles. The second-order valence-corrected chi connectivity index (χ2v) is 3.92. The lowest BCUT2D eigenvalue weighted by molar-refractivity contribution is -0.384. The van der Waals surface area contributed by atoms with E-state index in [9.17, 15) is 14.5 Å². The highest BCUT2D eigenvalue weighted by Gasteiger charge is 2.17. The Bertz CT molecular complexity index is 663. The summed E-state index contributed by atoms with van der Waals surface area (Å²) in [5, 5.41) is 13.6. The van der Waals surface area contributed by atoms with Crippen LogP contribution in [0.3, 0.4) is 0 Å². The molecule has 20 heavy (non-hydrogen) atoms. The zero-order valence-electron chi connectivity index (χ0n) is 10.4. The number of nitrogens with one attached hydrogen (secondary N) is 2. The highest BCUT2D eigenvalue weighted by Crippen LogP contribution is 2.26. The van der Waals surface area contributed by atoms with Crippen molar-refractivity contribution in [3.8, 4) is 0 Å². The van der Waals surface area contributed by atoms with Crippen LogP contribution in [-0.4, -0.2) is 14.9 Å². The molecule has 2 aromatic rings. The molecule has 0 aliphatic carbocycles. The maximum atomic E-state index is 13.2. The Hall–Kier alpha value is -2.81. The second-order valence-electron chi connectivity index (χ2n) is 3.92. The normalized spacial score (nSPS) is 10.2. The van der Waals surface area contributed by atoms with Gasteiger partial charge in [-0.2, -0.15) is 4.98 Å². The number of halogens is 1. The Morgan fingerprint density at radius 3 is 2.80 bits per heavy atom. The van der Waals surface area contributed by atoms with Gasteiger partial charge in [0.1, 0.15) is 12.0 Å². The molecule has 1 aromatic carbocycles. The Balaban J connectivity index is 2.40. The van der Waals surface area contributed by atoms with Gasteiger partial charge in [0.15, 0.2) is 0 Å². The molecule has 1 aromatic heterocycles. The molecular weight excluding hydrogens is 267 g/mol. The summed E-state index contributed by atoms with van der Waals surface area (Å²) in [4.78, 5) is 17.8. The summed E-state index contributed by atoms with van der Waals surface area (Å²) in [5.41, 5.74) is 2.75.